The van der Waals surface area contributed by atoms with Crippen LogP contribution >= 0.6 is 0 Å². The van der Waals surface area contributed by atoms with Crippen LogP contribution in [0.5, 0.6) is 0 Å². The van der Waals surface area contributed by atoms with Crippen molar-refractivity contribution in [2.45, 2.75) is 76.0 Å². The van der Waals surface area contributed by atoms with Crippen molar-refractivity contribution < 1.29 is 29.0 Å². The maximum absolute atomic E-state index is 14.0. The van der Waals surface area contributed by atoms with E-state index in [1.54, 1.807) is 4.90 Å². The van der Waals surface area contributed by atoms with Crippen molar-refractivity contribution in [2.75, 3.05) is 32.8 Å². The third-order valence-corrected chi connectivity index (χ3v) is 7.82. The molecule has 0 aliphatic carbocycles. The highest BCUT2D eigenvalue weighted by molar-refractivity contribution is 5.99. The first kappa shape index (κ1) is 24.9. The van der Waals surface area contributed by atoms with Crippen molar-refractivity contribution in [1.82, 2.24) is 9.80 Å². The summed E-state index contributed by atoms with van der Waals surface area (Å²) in [4.78, 5) is 44.7. The van der Waals surface area contributed by atoms with Crippen LogP contribution in [0.25, 0.3) is 0 Å². The molecular formula is C26H38N2O6. The van der Waals surface area contributed by atoms with Gasteiger partial charge in [-0.3, -0.25) is 14.4 Å². The van der Waals surface area contributed by atoms with Crippen LogP contribution in [0.4, 0.5) is 0 Å². The summed E-state index contributed by atoms with van der Waals surface area (Å²) in [6, 6.07) is -0.812. The zero-order chi connectivity index (χ0) is 24.3. The van der Waals surface area contributed by atoms with Gasteiger partial charge in [-0.15, -0.1) is 0 Å². The minimum absolute atomic E-state index is 0.0960. The number of cyclic esters (lactones) is 1. The summed E-state index contributed by atoms with van der Waals surface area (Å²) in [6.07, 6.45) is 12.7. The number of nitrogens with zero attached hydrogens (tertiary/aromatic N) is 2. The number of unbranched alkanes of at least 4 members (excludes halogenated alkanes) is 3. The van der Waals surface area contributed by atoms with Crippen molar-refractivity contribution >= 4 is 17.8 Å². The van der Waals surface area contributed by atoms with Gasteiger partial charge >= 0.3 is 5.97 Å². The second-order valence-electron chi connectivity index (χ2n) is 9.84. The van der Waals surface area contributed by atoms with E-state index < -0.39 is 35.0 Å². The third-order valence-electron chi connectivity index (χ3n) is 7.82. The summed E-state index contributed by atoms with van der Waals surface area (Å²) in [6.45, 7) is 5.88. The third kappa shape index (κ3) is 3.98. The van der Waals surface area contributed by atoms with Gasteiger partial charge in [0.15, 0.2) is 0 Å². The van der Waals surface area contributed by atoms with Crippen LogP contribution in [0.2, 0.25) is 0 Å². The molecule has 4 aliphatic rings. The number of ether oxygens (including phenoxy) is 2. The maximum Gasteiger partial charge on any atom is 0.313 e. The molecule has 8 heteroatoms. The fourth-order valence-corrected chi connectivity index (χ4v) is 6.14. The first-order chi connectivity index (χ1) is 16.5. The van der Waals surface area contributed by atoms with E-state index in [2.05, 4.69) is 6.92 Å². The largest absolute Gasteiger partial charge is 0.465 e. The minimum atomic E-state index is -1.21. The fraction of sp³-hybridized carbons (Fsp3) is 0.731. The average Bonchev–Trinajstić information content (AvgIpc) is 3.17. The molecule has 8 nitrogen and oxygen atoms in total. The quantitative estimate of drug-likeness (QED) is 0.313. The first-order valence-corrected chi connectivity index (χ1v) is 12.9. The molecular weight excluding hydrogens is 436 g/mol. The normalized spacial score (nSPS) is 34.9. The lowest BCUT2D eigenvalue weighted by atomic mass is 9.73. The Morgan fingerprint density at radius 3 is 2.56 bits per heavy atom. The number of fused-ring (bicyclic) bond motifs is 2. The van der Waals surface area contributed by atoms with Crippen molar-refractivity contribution in [2.24, 2.45) is 11.8 Å². The van der Waals surface area contributed by atoms with Crippen LogP contribution in [-0.2, 0) is 23.9 Å². The number of esters is 1. The van der Waals surface area contributed by atoms with E-state index in [1.165, 1.54) is 0 Å². The molecule has 2 saturated heterocycles. The van der Waals surface area contributed by atoms with Crippen molar-refractivity contribution in [3.63, 3.8) is 0 Å². The Labute approximate surface area is 201 Å². The molecule has 4 heterocycles. The van der Waals surface area contributed by atoms with Gasteiger partial charge in [-0.2, -0.15) is 0 Å². The number of aliphatic hydroxyl groups excluding tert-OH is 1. The molecule has 1 spiro atoms. The molecule has 4 aliphatic heterocycles. The van der Waals surface area contributed by atoms with Gasteiger partial charge in [-0.25, -0.2) is 0 Å². The van der Waals surface area contributed by atoms with Crippen LogP contribution in [0.15, 0.2) is 24.3 Å². The number of carbonyl (C=O) groups excluding carboxylic acids is 3. The van der Waals surface area contributed by atoms with Crippen molar-refractivity contribution in [1.29, 1.82) is 0 Å². The van der Waals surface area contributed by atoms with E-state index in [4.69, 9.17) is 14.6 Å². The summed E-state index contributed by atoms with van der Waals surface area (Å²) >= 11 is 0. The number of hydrogen-bond acceptors (Lipinski definition) is 6. The van der Waals surface area contributed by atoms with E-state index >= 15 is 0 Å². The Hall–Kier alpha value is -2.19. The Morgan fingerprint density at radius 1 is 1.00 bits per heavy atom. The van der Waals surface area contributed by atoms with Crippen LogP contribution in [-0.4, -0.2) is 82.8 Å². The molecule has 4 rings (SSSR count). The molecule has 1 unspecified atom stereocenters. The van der Waals surface area contributed by atoms with Crippen LogP contribution in [0.3, 0.4) is 0 Å². The molecule has 5 atom stereocenters. The molecule has 0 aromatic rings. The molecule has 188 valence electrons. The number of hydrogen-bond donors (Lipinski definition) is 1. The van der Waals surface area contributed by atoms with E-state index in [-0.39, 0.29) is 25.0 Å². The molecule has 2 fully saturated rings. The predicted octanol–water partition coefficient (Wildman–Crippen LogP) is 2.21. The highest BCUT2D eigenvalue weighted by atomic mass is 16.6. The van der Waals surface area contributed by atoms with Gasteiger partial charge in [0.05, 0.1) is 12.5 Å². The molecule has 0 bridgehead atoms. The van der Waals surface area contributed by atoms with Gasteiger partial charge in [0.1, 0.15) is 23.2 Å². The topological polar surface area (TPSA) is 96.4 Å². The molecule has 0 aromatic heterocycles. The second kappa shape index (κ2) is 10.2. The molecule has 0 saturated carbocycles. The summed E-state index contributed by atoms with van der Waals surface area (Å²) < 4.78 is 12.4. The second-order valence-corrected chi connectivity index (χ2v) is 9.84. The van der Waals surface area contributed by atoms with Crippen LogP contribution < -0.4 is 0 Å². The van der Waals surface area contributed by atoms with E-state index in [9.17, 15) is 14.4 Å². The van der Waals surface area contributed by atoms with Gasteiger partial charge < -0.3 is 24.4 Å². The summed E-state index contributed by atoms with van der Waals surface area (Å²) in [7, 11) is 0. The number of aliphatic hydroxyl groups is 1. The number of amides is 2. The smallest absolute Gasteiger partial charge is 0.313 e. The first-order valence-electron chi connectivity index (χ1n) is 12.9. The number of rotatable bonds is 9. The van der Waals surface area contributed by atoms with Gasteiger partial charge in [0, 0.05) is 26.2 Å². The lowest BCUT2D eigenvalue weighted by Crippen LogP contribution is -2.56. The van der Waals surface area contributed by atoms with Crippen molar-refractivity contribution in [3.8, 4) is 0 Å². The van der Waals surface area contributed by atoms with E-state index in [0.29, 0.717) is 45.3 Å². The number of carbonyl (C=O) groups is 3. The fourth-order valence-electron chi connectivity index (χ4n) is 6.14. The molecule has 0 aromatic carbocycles. The predicted molar refractivity (Wildman–Crippen MR) is 126 cm³/mol. The van der Waals surface area contributed by atoms with Gasteiger partial charge in [0.2, 0.25) is 11.8 Å². The Morgan fingerprint density at radius 2 is 1.82 bits per heavy atom. The maximum atomic E-state index is 14.0. The average molecular weight is 475 g/mol. The van der Waals surface area contributed by atoms with E-state index in [1.807, 2.05) is 36.1 Å². The SMILES string of the molecule is CCCCN1CC=C[C@]23O[C@@]4(CC)C=CCCOC(=O)[C@H]4[C@H]2C(=O)N(CCCCCO)C3C1=O. The molecule has 2 amide bonds. The monoisotopic (exact) mass is 474 g/mol. The Balaban J connectivity index is 1.78. The van der Waals surface area contributed by atoms with E-state index in [0.717, 1.165) is 19.3 Å². The van der Waals surface area contributed by atoms with Gasteiger partial charge in [-0.1, -0.05) is 44.6 Å². The lowest BCUT2D eigenvalue weighted by Gasteiger charge is -2.38. The standard InChI is InChI=1S/C26H38N2O6/c1-3-5-14-27-15-11-13-26-19(20-24(32)33-18-10-7-12-25(20,4-2)34-26)22(30)28(21(26)23(27)31)16-8-6-9-17-29/h7,11-13,19-21,29H,3-6,8-10,14-18H2,1-2H3/t19-,20+,21?,25-,26-/m0/s1. The van der Waals surface area contributed by atoms with Crippen LogP contribution in [0.1, 0.15) is 58.8 Å². The highest BCUT2D eigenvalue weighted by Gasteiger charge is 2.75. The van der Waals surface area contributed by atoms with Crippen molar-refractivity contribution in [3.05, 3.63) is 24.3 Å². The molecule has 0 radical (unpaired) electrons. The summed E-state index contributed by atoms with van der Waals surface area (Å²) in [5.74, 6) is -2.36. The summed E-state index contributed by atoms with van der Waals surface area (Å²) in [5.41, 5.74) is -2.19. The molecule has 34 heavy (non-hydrogen) atoms. The Kier molecular flexibility index (Phi) is 7.48. The van der Waals surface area contributed by atoms with Gasteiger partial charge in [-0.05, 0) is 38.5 Å². The summed E-state index contributed by atoms with van der Waals surface area (Å²) in [5, 5.41) is 9.16. The number of likely N-dealkylation sites (tertiary alicyclic amines) is 1. The molecule has 1 N–H and O–H groups in total. The Bertz CT molecular complexity index is 856. The minimum Gasteiger partial charge on any atom is -0.465 e. The highest BCUT2D eigenvalue weighted by Crippen LogP contribution is 2.58. The van der Waals surface area contributed by atoms with Crippen LogP contribution in [0, 0.1) is 11.8 Å². The zero-order valence-electron chi connectivity index (χ0n) is 20.4. The zero-order valence-corrected chi connectivity index (χ0v) is 20.4. The lowest BCUT2D eigenvalue weighted by molar-refractivity contribution is -0.161. The van der Waals surface area contributed by atoms with Gasteiger partial charge in [0.25, 0.3) is 0 Å².